The first kappa shape index (κ1) is 27.3. The topological polar surface area (TPSA) is 50.4 Å². The second kappa shape index (κ2) is 21.0. The summed E-state index contributed by atoms with van der Waals surface area (Å²) in [4.78, 5) is 12.5. The van der Waals surface area contributed by atoms with Gasteiger partial charge in [-0.2, -0.15) is 0 Å². The lowest BCUT2D eigenvalue weighted by molar-refractivity contribution is -0.125. The molecule has 168 valence electrons. The average molecular weight is 403 g/mol. The number of carbonyl (C=O) groups excluding carboxylic acids is 1. The Morgan fingerprint density at radius 2 is 1.50 bits per heavy atom. The molecule has 0 saturated heterocycles. The highest BCUT2D eigenvalue weighted by Crippen LogP contribution is 2.18. The molecule has 0 rings (SSSR count). The molecule has 2 unspecified atom stereocenters. The summed E-state index contributed by atoms with van der Waals surface area (Å²) in [5.74, 6) is 0.0646. The van der Waals surface area contributed by atoms with Gasteiger partial charge in [0.15, 0.2) is 0 Å². The normalized spacial score (nSPS) is 13.4. The number of ether oxygens (including phenoxy) is 1. The first-order valence-corrected chi connectivity index (χ1v) is 11.8. The molecule has 28 heavy (non-hydrogen) atoms. The van der Waals surface area contributed by atoms with Crippen LogP contribution in [0.4, 0.5) is 4.39 Å². The molecule has 0 bridgehead atoms. The molecule has 0 radical (unpaired) electrons. The maximum absolute atomic E-state index is 14.0. The average Bonchev–Trinajstić information content (AvgIpc) is 2.70. The smallest absolute Gasteiger partial charge is 0.223 e. The molecule has 1 amide bonds. The predicted molar refractivity (Wildman–Crippen MR) is 118 cm³/mol. The molecule has 0 heterocycles. The van der Waals surface area contributed by atoms with Gasteiger partial charge in [0.05, 0.1) is 13.2 Å². The zero-order chi connectivity index (χ0) is 20.9. The Morgan fingerprint density at radius 1 is 0.893 bits per heavy atom. The van der Waals surface area contributed by atoms with Gasteiger partial charge >= 0.3 is 0 Å². The zero-order valence-electron chi connectivity index (χ0n) is 18.9. The number of rotatable bonds is 21. The van der Waals surface area contributed by atoms with Crippen molar-refractivity contribution in [2.45, 2.75) is 103 Å². The maximum Gasteiger partial charge on any atom is 0.223 e. The molecule has 0 spiro atoms. The van der Waals surface area contributed by atoms with Crippen molar-refractivity contribution in [3.63, 3.8) is 0 Å². The quantitative estimate of drug-likeness (QED) is 0.253. The van der Waals surface area contributed by atoms with Gasteiger partial charge in [0.2, 0.25) is 5.91 Å². The van der Waals surface area contributed by atoms with E-state index in [0.29, 0.717) is 6.61 Å². The van der Waals surface area contributed by atoms with Gasteiger partial charge in [-0.3, -0.25) is 4.79 Å². The maximum atomic E-state index is 14.0. The summed E-state index contributed by atoms with van der Waals surface area (Å²) in [6, 6.07) is 0. The Hall–Kier alpha value is -0.680. The summed E-state index contributed by atoms with van der Waals surface area (Å²) in [7, 11) is 1.94. The van der Waals surface area contributed by atoms with Crippen molar-refractivity contribution >= 4 is 5.91 Å². The molecular formula is C23H47FN2O2. The van der Waals surface area contributed by atoms with Gasteiger partial charge in [-0.15, -0.1) is 0 Å². The number of amides is 1. The largest absolute Gasteiger partial charge is 0.378 e. The Balaban J connectivity index is 3.98. The summed E-state index contributed by atoms with van der Waals surface area (Å²) in [6.07, 6.45) is 13.3. The standard InChI is InChI=1S/C23H47FN2O2/c1-4-6-8-9-12-16-21(15-11-7-5-2)23(27)26-19-22(24)20-28-18-14-10-13-17-25-3/h21-22,25H,4-20H2,1-3H3,(H,26,27). The van der Waals surface area contributed by atoms with E-state index in [9.17, 15) is 9.18 Å². The molecule has 5 heteroatoms. The Bertz CT molecular complexity index is 343. The summed E-state index contributed by atoms with van der Waals surface area (Å²) in [5, 5.41) is 5.94. The zero-order valence-corrected chi connectivity index (χ0v) is 18.9. The van der Waals surface area contributed by atoms with E-state index in [1.165, 1.54) is 25.7 Å². The SMILES string of the molecule is CCCCCCCC(CCCCC)C(=O)NCC(F)COCCCCCNC. The second-order valence-corrected chi connectivity index (χ2v) is 7.98. The number of halogens is 1. The molecule has 0 aliphatic rings. The van der Waals surface area contributed by atoms with Crippen LogP contribution in [-0.2, 0) is 9.53 Å². The molecule has 2 atom stereocenters. The van der Waals surface area contributed by atoms with Crippen LogP contribution in [0.1, 0.15) is 97.3 Å². The number of hydrogen-bond acceptors (Lipinski definition) is 3. The molecule has 0 aromatic heterocycles. The second-order valence-electron chi connectivity index (χ2n) is 7.98. The molecule has 2 N–H and O–H groups in total. The van der Waals surface area contributed by atoms with E-state index >= 15 is 0 Å². The minimum Gasteiger partial charge on any atom is -0.378 e. The fraction of sp³-hybridized carbons (Fsp3) is 0.957. The van der Waals surface area contributed by atoms with Crippen LogP contribution in [0.5, 0.6) is 0 Å². The molecule has 0 fully saturated rings. The lowest BCUT2D eigenvalue weighted by atomic mass is 9.93. The van der Waals surface area contributed by atoms with Crippen molar-refractivity contribution in [1.29, 1.82) is 0 Å². The van der Waals surface area contributed by atoms with Crippen molar-refractivity contribution in [1.82, 2.24) is 10.6 Å². The van der Waals surface area contributed by atoms with E-state index in [1.807, 2.05) is 7.05 Å². The number of unbranched alkanes of at least 4 members (excludes halogenated alkanes) is 8. The fourth-order valence-electron chi connectivity index (χ4n) is 3.35. The number of hydrogen-bond donors (Lipinski definition) is 2. The van der Waals surface area contributed by atoms with Gasteiger partial charge in [0.25, 0.3) is 0 Å². The molecule has 0 aromatic rings. The van der Waals surface area contributed by atoms with Crippen molar-refractivity contribution < 1.29 is 13.9 Å². The predicted octanol–water partition coefficient (Wildman–Crippen LogP) is 5.40. The molecule has 0 saturated carbocycles. The number of alkyl halides is 1. The van der Waals surface area contributed by atoms with E-state index in [4.69, 9.17) is 4.74 Å². The first-order valence-electron chi connectivity index (χ1n) is 11.8. The first-order chi connectivity index (χ1) is 13.7. The lowest BCUT2D eigenvalue weighted by Gasteiger charge is -2.18. The summed E-state index contributed by atoms with van der Waals surface area (Å²) >= 11 is 0. The van der Waals surface area contributed by atoms with E-state index in [-0.39, 0.29) is 25.0 Å². The summed E-state index contributed by atoms with van der Waals surface area (Å²) in [6.45, 7) is 6.13. The van der Waals surface area contributed by atoms with E-state index in [1.54, 1.807) is 0 Å². The monoisotopic (exact) mass is 402 g/mol. The molecule has 0 aliphatic heterocycles. The summed E-state index contributed by atoms with van der Waals surface area (Å²) in [5.41, 5.74) is 0. The molecular weight excluding hydrogens is 355 g/mol. The van der Waals surface area contributed by atoms with Gasteiger partial charge < -0.3 is 15.4 Å². The van der Waals surface area contributed by atoms with Gasteiger partial charge in [-0.05, 0) is 45.7 Å². The minimum atomic E-state index is -1.12. The third-order valence-corrected chi connectivity index (χ3v) is 5.19. The highest BCUT2D eigenvalue weighted by Gasteiger charge is 2.19. The fourth-order valence-corrected chi connectivity index (χ4v) is 3.35. The van der Waals surface area contributed by atoms with Gasteiger partial charge in [-0.25, -0.2) is 4.39 Å². The van der Waals surface area contributed by atoms with Gasteiger partial charge in [-0.1, -0.05) is 65.2 Å². The summed E-state index contributed by atoms with van der Waals surface area (Å²) < 4.78 is 19.4. The van der Waals surface area contributed by atoms with Crippen LogP contribution in [0.15, 0.2) is 0 Å². The van der Waals surface area contributed by atoms with Crippen LogP contribution in [0, 0.1) is 5.92 Å². The van der Waals surface area contributed by atoms with Crippen LogP contribution < -0.4 is 10.6 Å². The van der Waals surface area contributed by atoms with Crippen LogP contribution in [0.3, 0.4) is 0 Å². The van der Waals surface area contributed by atoms with E-state index < -0.39 is 6.17 Å². The van der Waals surface area contributed by atoms with Crippen molar-refractivity contribution in [3.05, 3.63) is 0 Å². The molecule has 0 aromatic carbocycles. The van der Waals surface area contributed by atoms with Crippen LogP contribution >= 0.6 is 0 Å². The van der Waals surface area contributed by atoms with Crippen LogP contribution in [-0.4, -0.2) is 45.4 Å². The van der Waals surface area contributed by atoms with Gasteiger partial charge in [0, 0.05) is 12.5 Å². The number of carbonyl (C=O) groups is 1. The molecule has 4 nitrogen and oxygen atoms in total. The third-order valence-electron chi connectivity index (χ3n) is 5.19. The van der Waals surface area contributed by atoms with Gasteiger partial charge in [0.1, 0.15) is 6.17 Å². The Morgan fingerprint density at radius 3 is 2.18 bits per heavy atom. The minimum absolute atomic E-state index is 0.0290. The van der Waals surface area contributed by atoms with Crippen molar-refractivity contribution in [2.24, 2.45) is 5.92 Å². The van der Waals surface area contributed by atoms with Crippen molar-refractivity contribution in [2.75, 3.05) is 33.4 Å². The third kappa shape index (κ3) is 17.4. The van der Waals surface area contributed by atoms with Crippen LogP contribution in [0.25, 0.3) is 0 Å². The lowest BCUT2D eigenvalue weighted by Crippen LogP contribution is -2.36. The Labute approximate surface area is 173 Å². The highest BCUT2D eigenvalue weighted by molar-refractivity contribution is 5.78. The van der Waals surface area contributed by atoms with E-state index in [2.05, 4.69) is 24.5 Å². The highest BCUT2D eigenvalue weighted by atomic mass is 19.1. The number of nitrogens with one attached hydrogen (secondary N) is 2. The Kier molecular flexibility index (Phi) is 20.5. The molecule has 0 aliphatic carbocycles. The van der Waals surface area contributed by atoms with E-state index in [0.717, 1.165) is 64.3 Å². The van der Waals surface area contributed by atoms with Crippen LogP contribution in [0.2, 0.25) is 0 Å². The van der Waals surface area contributed by atoms with Crippen molar-refractivity contribution in [3.8, 4) is 0 Å².